The first-order valence-electron chi connectivity index (χ1n) is 5.87. The van der Waals surface area contributed by atoms with Gasteiger partial charge in [0.2, 0.25) is 0 Å². The molecule has 0 fully saturated rings. The van der Waals surface area contributed by atoms with Gasteiger partial charge in [0.15, 0.2) is 0 Å². The second kappa shape index (κ2) is 6.21. The number of nitrogens with one attached hydrogen (secondary N) is 1. The zero-order valence-electron chi connectivity index (χ0n) is 10.4. The van der Waals surface area contributed by atoms with Gasteiger partial charge in [-0.05, 0) is 24.3 Å². The number of carbonyl (C=O) groups is 2. The number of halogens is 1. The van der Waals surface area contributed by atoms with Crippen LogP contribution in [0.4, 0.5) is 5.69 Å². The molecule has 2 N–H and O–H groups in total. The van der Waals surface area contributed by atoms with Gasteiger partial charge in [0.25, 0.3) is 5.91 Å². The van der Waals surface area contributed by atoms with Gasteiger partial charge in [0.05, 0.1) is 13.0 Å². The summed E-state index contributed by atoms with van der Waals surface area (Å²) in [6.07, 6.45) is 1.36. The van der Waals surface area contributed by atoms with Crippen LogP contribution in [0.3, 0.4) is 0 Å². The summed E-state index contributed by atoms with van der Waals surface area (Å²) in [4.78, 5) is 22.6. The molecule has 6 nitrogen and oxygen atoms in total. The van der Waals surface area contributed by atoms with Crippen LogP contribution in [0.1, 0.15) is 16.9 Å². The van der Waals surface area contributed by atoms with Gasteiger partial charge in [0.1, 0.15) is 5.69 Å². The van der Waals surface area contributed by atoms with E-state index in [-0.39, 0.29) is 18.9 Å². The van der Waals surface area contributed by atoms with Gasteiger partial charge in [0, 0.05) is 16.9 Å². The molecule has 0 spiro atoms. The van der Waals surface area contributed by atoms with Crippen molar-refractivity contribution in [3.05, 3.63) is 47.2 Å². The number of hydrogen-bond acceptors (Lipinski definition) is 3. The molecule has 20 heavy (non-hydrogen) atoms. The first kappa shape index (κ1) is 14.1. The number of rotatable bonds is 5. The number of aromatic nitrogens is 2. The quantitative estimate of drug-likeness (QED) is 0.885. The standard InChI is InChI=1S/C13H12ClN3O3/c14-9-2-1-3-10(8-9)16-13(20)11-4-6-15-17(11)7-5-12(18)19/h1-4,6,8H,5,7H2,(H,16,20)(H,18,19). The van der Waals surface area contributed by atoms with Crippen LogP contribution in [-0.2, 0) is 11.3 Å². The molecule has 0 bridgehead atoms. The van der Waals surface area contributed by atoms with Crippen molar-refractivity contribution in [1.82, 2.24) is 9.78 Å². The highest BCUT2D eigenvalue weighted by Crippen LogP contribution is 2.15. The average molecular weight is 294 g/mol. The molecular weight excluding hydrogens is 282 g/mol. The van der Waals surface area contributed by atoms with Gasteiger partial charge < -0.3 is 10.4 Å². The molecule has 2 rings (SSSR count). The molecular formula is C13H12ClN3O3. The molecule has 1 aromatic carbocycles. The Morgan fingerprint density at radius 1 is 1.35 bits per heavy atom. The Bertz CT molecular complexity index is 639. The maximum Gasteiger partial charge on any atom is 0.305 e. The lowest BCUT2D eigenvalue weighted by atomic mass is 10.3. The number of aliphatic carboxylic acids is 1. The van der Waals surface area contributed by atoms with E-state index in [1.807, 2.05) is 0 Å². The van der Waals surface area contributed by atoms with Crippen LogP contribution in [0, 0.1) is 0 Å². The highest BCUT2D eigenvalue weighted by molar-refractivity contribution is 6.30. The minimum atomic E-state index is -0.943. The van der Waals surface area contributed by atoms with E-state index in [2.05, 4.69) is 10.4 Å². The summed E-state index contributed by atoms with van der Waals surface area (Å²) in [6.45, 7) is 0.140. The van der Waals surface area contributed by atoms with E-state index in [9.17, 15) is 9.59 Å². The third-order valence-electron chi connectivity index (χ3n) is 2.57. The fourth-order valence-corrected chi connectivity index (χ4v) is 1.86. The molecule has 1 amide bonds. The normalized spacial score (nSPS) is 10.2. The predicted molar refractivity (Wildman–Crippen MR) is 73.9 cm³/mol. The fraction of sp³-hybridized carbons (Fsp3) is 0.154. The van der Waals surface area contributed by atoms with Crippen LogP contribution in [0.2, 0.25) is 5.02 Å². The zero-order chi connectivity index (χ0) is 14.5. The Morgan fingerprint density at radius 3 is 2.85 bits per heavy atom. The minimum Gasteiger partial charge on any atom is -0.481 e. The van der Waals surface area contributed by atoms with Crippen LogP contribution in [0.25, 0.3) is 0 Å². The Hall–Kier alpha value is -2.34. The van der Waals surface area contributed by atoms with Gasteiger partial charge in [-0.1, -0.05) is 17.7 Å². The number of benzene rings is 1. The van der Waals surface area contributed by atoms with E-state index in [0.717, 1.165) is 0 Å². The molecule has 1 aromatic heterocycles. The van der Waals surface area contributed by atoms with Crippen molar-refractivity contribution in [2.45, 2.75) is 13.0 Å². The SMILES string of the molecule is O=C(O)CCn1nccc1C(=O)Nc1cccc(Cl)c1. The van der Waals surface area contributed by atoms with Gasteiger partial charge in [-0.3, -0.25) is 14.3 Å². The van der Waals surface area contributed by atoms with Gasteiger partial charge >= 0.3 is 5.97 Å². The molecule has 0 aliphatic carbocycles. The molecule has 0 aliphatic rings. The largest absolute Gasteiger partial charge is 0.481 e. The monoisotopic (exact) mass is 293 g/mol. The second-order valence-electron chi connectivity index (χ2n) is 4.05. The molecule has 104 valence electrons. The highest BCUT2D eigenvalue weighted by atomic mass is 35.5. The number of anilines is 1. The minimum absolute atomic E-state index is 0.0981. The lowest BCUT2D eigenvalue weighted by Crippen LogP contribution is -2.18. The van der Waals surface area contributed by atoms with Crippen molar-refractivity contribution in [2.75, 3.05) is 5.32 Å². The number of nitrogens with zero attached hydrogens (tertiary/aromatic N) is 2. The summed E-state index contributed by atoms with van der Waals surface area (Å²) in [6, 6.07) is 8.29. The van der Waals surface area contributed by atoms with Crippen molar-refractivity contribution in [2.24, 2.45) is 0 Å². The smallest absolute Gasteiger partial charge is 0.305 e. The second-order valence-corrected chi connectivity index (χ2v) is 4.48. The average Bonchev–Trinajstić information content (AvgIpc) is 2.84. The predicted octanol–water partition coefficient (Wildman–Crippen LogP) is 2.26. The summed E-state index contributed by atoms with van der Waals surface area (Å²) in [7, 11) is 0. The summed E-state index contributed by atoms with van der Waals surface area (Å²) >= 11 is 5.83. The number of amides is 1. The lowest BCUT2D eigenvalue weighted by Gasteiger charge is -2.07. The van der Waals surface area contributed by atoms with E-state index < -0.39 is 5.97 Å². The number of hydrogen-bond donors (Lipinski definition) is 2. The topological polar surface area (TPSA) is 84.2 Å². The summed E-state index contributed by atoms with van der Waals surface area (Å²) in [5.41, 5.74) is 0.861. The molecule has 1 heterocycles. The van der Waals surface area contributed by atoms with Crippen molar-refractivity contribution < 1.29 is 14.7 Å². The first-order valence-corrected chi connectivity index (χ1v) is 6.24. The van der Waals surface area contributed by atoms with E-state index in [1.165, 1.54) is 16.9 Å². The Balaban J connectivity index is 2.09. The lowest BCUT2D eigenvalue weighted by molar-refractivity contribution is -0.137. The molecule has 0 saturated carbocycles. The molecule has 0 aliphatic heterocycles. The molecule has 7 heteroatoms. The summed E-state index contributed by atoms with van der Waals surface area (Å²) in [5.74, 6) is -1.31. The molecule has 0 unspecified atom stereocenters. The van der Waals surface area contributed by atoms with Gasteiger partial charge in [-0.2, -0.15) is 5.10 Å². The highest BCUT2D eigenvalue weighted by Gasteiger charge is 2.13. The van der Waals surface area contributed by atoms with Crippen molar-refractivity contribution in [3.63, 3.8) is 0 Å². The zero-order valence-corrected chi connectivity index (χ0v) is 11.2. The van der Waals surface area contributed by atoms with Crippen LogP contribution in [-0.4, -0.2) is 26.8 Å². The van der Waals surface area contributed by atoms with Crippen molar-refractivity contribution in [1.29, 1.82) is 0 Å². The molecule has 0 saturated heterocycles. The summed E-state index contributed by atoms with van der Waals surface area (Å²) in [5, 5.41) is 15.8. The van der Waals surface area contributed by atoms with E-state index in [0.29, 0.717) is 16.4 Å². The van der Waals surface area contributed by atoms with Crippen molar-refractivity contribution in [3.8, 4) is 0 Å². The van der Waals surface area contributed by atoms with Crippen LogP contribution >= 0.6 is 11.6 Å². The van der Waals surface area contributed by atoms with E-state index in [4.69, 9.17) is 16.7 Å². The van der Waals surface area contributed by atoms with Crippen LogP contribution in [0.5, 0.6) is 0 Å². The third-order valence-corrected chi connectivity index (χ3v) is 2.80. The van der Waals surface area contributed by atoms with E-state index >= 15 is 0 Å². The Labute approximate surface area is 120 Å². The van der Waals surface area contributed by atoms with Gasteiger partial charge in [-0.25, -0.2) is 0 Å². The fourth-order valence-electron chi connectivity index (χ4n) is 1.67. The molecule has 0 atom stereocenters. The maximum atomic E-state index is 12.1. The number of carboxylic acid groups (broad SMARTS) is 1. The Morgan fingerprint density at radius 2 is 2.15 bits per heavy atom. The van der Waals surface area contributed by atoms with Crippen LogP contribution in [0.15, 0.2) is 36.5 Å². The van der Waals surface area contributed by atoms with Crippen LogP contribution < -0.4 is 5.32 Å². The van der Waals surface area contributed by atoms with E-state index in [1.54, 1.807) is 24.3 Å². The number of carbonyl (C=O) groups excluding carboxylic acids is 1. The summed E-state index contributed by atoms with van der Waals surface area (Å²) < 4.78 is 1.36. The van der Waals surface area contributed by atoms with Crippen molar-refractivity contribution >= 4 is 29.2 Å². The number of aryl methyl sites for hydroxylation is 1. The molecule has 2 aromatic rings. The third kappa shape index (κ3) is 3.58. The molecule has 0 radical (unpaired) electrons. The first-order chi connectivity index (χ1) is 9.56. The Kier molecular flexibility index (Phi) is 4.37. The van der Waals surface area contributed by atoms with Gasteiger partial charge in [-0.15, -0.1) is 0 Å². The maximum absolute atomic E-state index is 12.1. The number of carboxylic acids is 1.